The fourth-order valence-electron chi connectivity index (χ4n) is 4.37. The summed E-state index contributed by atoms with van der Waals surface area (Å²) in [5.41, 5.74) is 5.06. The molecule has 0 fully saturated rings. The van der Waals surface area contributed by atoms with Gasteiger partial charge in [-0.25, -0.2) is 4.39 Å². The molecule has 4 aromatic rings. The van der Waals surface area contributed by atoms with Crippen LogP contribution in [0.1, 0.15) is 28.6 Å². The summed E-state index contributed by atoms with van der Waals surface area (Å²) in [7, 11) is 1.55. The summed E-state index contributed by atoms with van der Waals surface area (Å²) >= 11 is 0. The van der Waals surface area contributed by atoms with Crippen LogP contribution >= 0.6 is 0 Å². The number of nitrogens with one attached hydrogen (secondary N) is 1. The average molecular weight is 387 g/mol. The first-order chi connectivity index (χ1) is 14.2. The van der Waals surface area contributed by atoms with Gasteiger partial charge in [-0.15, -0.1) is 0 Å². The van der Waals surface area contributed by atoms with Crippen molar-refractivity contribution in [2.24, 2.45) is 0 Å². The van der Waals surface area contributed by atoms with Crippen LogP contribution in [0.2, 0.25) is 0 Å². The van der Waals surface area contributed by atoms with E-state index < -0.39 is 0 Å². The van der Waals surface area contributed by atoms with Crippen molar-refractivity contribution in [3.05, 3.63) is 95.2 Å². The smallest absolute Gasteiger partial charge is 0.132 e. The van der Waals surface area contributed by atoms with Gasteiger partial charge in [0.05, 0.1) is 18.8 Å². The monoisotopic (exact) mass is 387 g/mol. The van der Waals surface area contributed by atoms with Gasteiger partial charge < -0.3 is 9.72 Å². The lowest BCUT2D eigenvalue weighted by atomic mass is 9.91. The molecule has 0 aliphatic carbocycles. The predicted molar refractivity (Wildman–Crippen MR) is 111 cm³/mol. The van der Waals surface area contributed by atoms with Crippen LogP contribution in [0.25, 0.3) is 10.9 Å². The summed E-state index contributed by atoms with van der Waals surface area (Å²) in [6.07, 6.45) is 2.72. The number of aromatic amines is 1. The van der Waals surface area contributed by atoms with Gasteiger partial charge in [-0.1, -0.05) is 30.3 Å². The van der Waals surface area contributed by atoms with E-state index in [0.29, 0.717) is 17.9 Å². The Bertz CT molecular complexity index is 1160. The second-order valence-electron chi connectivity index (χ2n) is 7.39. The summed E-state index contributed by atoms with van der Waals surface area (Å²) in [6.45, 7) is 1.49. The molecule has 3 heterocycles. The molecule has 1 aliphatic heterocycles. The summed E-state index contributed by atoms with van der Waals surface area (Å²) in [6, 6.07) is 19.1. The molecule has 0 spiro atoms. The summed E-state index contributed by atoms with van der Waals surface area (Å²) < 4.78 is 20.4. The molecular weight excluding hydrogens is 365 g/mol. The largest absolute Gasteiger partial charge is 0.497 e. The second kappa shape index (κ2) is 7.33. The van der Waals surface area contributed by atoms with Crippen molar-refractivity contribution in [3.8, 4) is 5.75 Å². The van der Waals surface area contributed by atoms with Gasteiger partial charge in [0.1, 0.15) is 11.6 Å². The number of benzene rings is 2. The first kappa shape index (κ1) is 17.9. The maximum absolute atomic E-state index is 15.1. The van der Waals surface area contributed by atoms with Crippen LogP contribution in [-0.2, 0) is 13.0 Å². The van der Waals surface area contributed by atoms with E-state index in [2.05, 4.69) is 33.1 Å². The maximum atomic E-state index is 15.1. The van der Waals surface area contributed by atoms with E-state index >= 15 is 4.39 Å². The Labute approximate surface area is 169 Å². The number of nitrogens with zero attached hydrogens (tertiary/aromatic N) is 2. The average Bonchev–Trinajstić information content (AvgIpc) is 3.13. The molecule has 29 heavy (non-hydrogen) atoms. The van der Waals surface area contributed by atoms with Crippen LogP contribution in [0.15, 0.2) is 66.9 Å². The molecule has 0 amide bonds. The van der Waals surface area contributed by atoms with Gasteiger partial charge >= 0.3 is 0 Å². The van der Waals surface area contributed by atoms with Gasteiger partial charge in [-0.3, -0.25) is 9.88 Å². The normalized spacial score (nSPS) is 16.7. The molecule has 2 aromatic heterocycles. The van der Waals surface area contributed by atoms with Crippen LogP contribution in [0.4, 0.5) is 4.39 Å². The van der Waals surface area contributed by atoms with Crippen LogP contribution in [-0.4, -0.2) is 28.5 Å². The Hall–Kier alpha value is -3.18. The molecule has 1 aliphatic rings. The van der Waals surface area contributed by atoms with Crippen molar-refractivity contribution in [2.75, 3.05) is 13.7 Å². The number of hydrogen-bond donors (Lipinski definition) is 1. The third-order valence-corrected chi connectivity index (χ3v) is 5.73. The lowest BCUT2D eigenvalue weighted by Gasteiger charge is -2.36. The van der Waals surface area contributed by atoms with Crippen LogP contribution < -0.4 is 4.74 Å². The van der Waals surface area contributed by atoms with Crippen molar-refractivity contribution in [3.63, 3.8) is 0 Å². The number of fused-ring (bicyclic) bond motifs is 3. The molecule has 0 bridgehead atoms. The lowest BCUT2D eigenvalue weighted by molar-refractivity contribution is 0.196. The topological polar surface area (TPSA) is 41.1 Å². The van der Waals surface area contributed by atoms with Crippen molar-refractivity contribution in [2.45, 2.75) is 19.0 Å². The van der Waals surface area contributed by atoms with Crippen molar-refractivity contribution in [1.29, 1.82) is 0 Å². The Morgan fingerprint density at radius 2 is 2.00 bits per heavy atom. The number of ether oxygens (including phenoxy) is 1. The minimum atomic E-state index is -0.258. The van der Waals surface area contributed by atoms with Gasteiger partial charge in [-0.2, -0.15) is 0 Å². The molecule has 5 heteroatoms. The number of rotatable bonds is 4. The van der Waals surface area contributed by atoms with Crippen LogP contribution in [0.3, 0.4) is 0 Å². The molecule has 0 saturated heterocycles. The molecule has 0 radical (unpaired) electrons. The highest BCUT2D eigenvalue weighted by molar-refractivity contribution is 5.85. The van der Waals surface area contributed by atoms with E-state index in [1.54, 1.807) is 13.3 Å². The Morgan fingerprint density at radius 3 is 2.79 bits per heavy atom. The fraction of sp³-hybridized carbons (Fsp3) is 0.208. The highest BCUT2D eigenvalue weighted by Gasteiger charge is 2.33. The predicted octanol–water partition coefficient (Wildman–Crippen LogP) is 4.86. The Kier molecular flexibility index (Phi) is 4.52. The summed E-state index contributed by atoms with van der Waals surface area (Å²) in [5, 5.41) is 1.22. The highest BCUT2D eigenvalue weighted by Crippen LogP contribution is 2.40. The zero-order chi connectivity index (χ0) is 19.8. The van der Waals surface area contributed by atoms with Gasteiger partial charge in [0.15, 0.2) is 0 Å². The Morgan fingerprint density at radius 1 is 1.14 bits per heavy atom. The van der Waals surface area contributed by atoms with Gasteiger partial charge in [0.2, 0.25) is 0 Å². The Balaban J connectivity index is 1.64. The van der Waals surface area contributed by atoms with E-state index in [1.807, 2.05) is 36.4 Å². The van der Waals surface area contributed by atoms with E-state index in [4.69, 9.17) is 4.74 Å². The number of methoxy groups -OCH3 is 1. The molecule has 0 saturated carbocycles. The third kappa shape index (κ3) is 3.17. The van der Waals surface area contributed by atoms with Gasteiger partial charge in [-0.05, 0) is 36.2 Å². The van der Waals surface area contributed by atoms with Crippen molar-refractivity contribution in [1.82, 2.24) is 14.9 Å². The van der Waals surface area contributed by atoms with Gasteiger partial charge in [0, 0.05) is 47.5 Å². The molecule has 1 N–H and O–H groups in total. The number of hydrogen-bond acceptors (Lipinski definition) is 3. The molecule has 4 nitrogen and oxygen atoms in total. The van der Waals surface area contributed by atoms with Crippen LogP contribution in [0, 0.1) is 5.82 Å². The van der Waals surface area contributed by atoms with E-state index in [0.717, 1.165) is 29.9 Å². The quantitative estimate of drug-likeness (QED) is 0.544. The minimum Gasteiger partial charge on any atom is -0.497 e. The molecule has 1 unspecified atom stereocenters. The number of aromatic nitrogens is 2. The molecule has 146 valence electrons. The first-order valence-electron chi connectivity index (χ1n) is 9.81. The van der Waals surface area contributed by atoms with Crippen molar-refractivity contribution < 1.29 is 9.13 Å². The molecule has 2 aromatic carbocycles. The lowest BCUT2D eigenvalue weighted by Crippen LogP contribution is -2.36. The number of pyridine rings is 1. The van der Waals surface area contributed by atoms with Crippen molar-refractivity contribution >= 4 is 10.9 Å². The summed E-state index contributed by atoms with van der Waals surface area (Å²) in [5.74, 6) is 0.266. The minimum absolute atomic E-state index is 0.209. The standard InChI is InChI=1S/C24H22FN3O/c1-29-17-9-10-20(21(25)14-17)24-23-19(18-7-2-3-8-22(18)27-23)11-13-28(24)15-16-6-4-5-12-26-16/h2-10,12,14,24,27H,11,13,15H2,1H3. The SMILES string of the molecule is COc1ccc(C2c3[nH]c4ccccc4c3CCN2Cc2ccccn2)c(F)c1. The highest BCUT2D eigenvalue weighted by atomic mass is 19.1. The maximum Gasteiger partial charge on any atom is 0.132 e. The zero-order valence-electron chi connectivity index (χ0n) is 16.2. The third-order valence-electron chi connectivity index (χ3n) is 5.73. The van der Waals surface area contributed by atoms with E-state index in [1.165, 1.54) is 17.0 Å². The zero-order valence-corrected chi connectivity index (χ0v) is 16.2. The first-order valence-corrected chi connectivity index (χ1v) is 9.81. The second-order valence-corrected chi connectivity index (χ2v) is 7.39. The van der Waals surface area contributed by atoms with E-state index in [-0.39, 0.29) is 11.9 Å². The fourth-order valence-corrected chi connectivity index (χ4v) is 4.37. The summed E-state index contributed by atoms with van der Waals surface area (Å²) in [4.78, 5) is 10.4. The van der Waals surface area contributed by atoms with Gasteiger partial charge in [0.25, 0.3) is 0 Å². The van der Waals surface area contributed by atoms with E-state index in [9.17, 15) is 0 Å². The van der Waals surface area contributed by atoms with Crippen LogP contribution in [0.5, 0.6) is 5.75 Å². The molecular formula is C24H22FN3O. The molecule has 1 atom stereocenters. The number of halogens is 1. The molecule has 5 rings (SSSR count). The number of para-hydroxylation sites is 1. The number of H-pyrrole nitrogens is 1.